The van der Waals surface area contributed by atoms with E-state index >= 15 is 0 Å². The second kappa shape index (κ2) is 5.52. The normalized spacial score (nSPS) is 40.3. The van der Waals surface area contributed by atoms with Gasteiger partial charge in [-0.15, -0.1) is 0 Å². The van der Waals surface area contributed by atoms with Crippen LogP contribution in [0.2, 0.25) is 0 Å². The molecule has 0 aromatic rings. The van der Waals surface area contributed by atoms with Crippen molar-refractivity contribution in [2.75, 3.05) is 6.54 Å². The molecular weight excluding hydrogens is 282 g/mol. The minimum absolute atomic E-state index is 0.100. The molecular formula is C17H27NO4. The maximum absolute atomic E-state index is 12.3. The molecule has 0 unspecified atom stereocenters. The third kappa shape index (κ3) is 3.00. The van der Waals surface area contributed by atoms with Gasteiger partial charge in [0.2, 0.25) is 0 Å². The average molecular weight is 309 g/mol. The quantitative estimate of drug-likeness (QED) is 0.759. The molecule has 0 aliphatic heterocycles. The molecule has 4 saturated carbocycles. The minimum Gasteiger partial charge on any atom is -0.453 e. The Hall–Kier alpha value is -1.10. The number of amides is 1. The molecule has 4 aliphatic rings. The Bertz CT molecular complexity index is 461. The van der Waals surface area contributed by atoms with Gasteiger partial charge in [-0.3, -0.25) is 9.59 Å². The van der Waals surface area contributed by atoms with E-state index in [4.69, 9.17) is 4.74 Å². The number of esters is 1. The molecule has 1 amide bonds. The standard InChI is InChI=1S/C17H27NO4/c1-3-18-15(20)11(2)22-14(19)9-16-5-12-4-13(6-16)8-17(21,7-12)10-16/h11-13,21H,3-10H2,1-2H3,(H,18,20)/t11-,12+,13+,16?,17?/m1/s1. The third-order valence-corrected chi connectivity index (χ3v) is 5.70. The highest BCUT2D eigenvalue weighted by molar-refractivity contribution is 5.83. The Labute approximate surface area is 131 Å². The van der Waals surface area contributed by atoms with E-state index in [1.54, 1.807) is 6.92 Å². The zero-order valence-corrected chi connectivity index (χ0v) is 13.6. The van der Waals surface area contributed by atoms with Crippen LogP contribution in [0.1, 0.15) is 58.8 Å². The molecule has 0 radical (unpaired) electrons. The Morgan fingerprint density at radius 3 is 2.45 bits per heavy atom. The zero-order chi connectivity index (χ0) is 16.0. The Morgan fingerprint density at radius 1 is 1.27 bits per heavy atom. The topological polar surface area (TPSA) is 75.6 Å². The average Bonchev–Trinajstić information content (AvgIpc) is 2.34. The molecule has 0 aromatic heterocycles. The molecule has 3 atom stereocenters. The van der Waals surface area contributed by atoms with Gasteiger partial charge >= 0.3 is 5.97 Å². The molecule has 124 valence electrons. The molecule has 22 heavy (non-hydrogen) atoms. The molecule has 0 saturated heterocycles. The molecule has 0 aromatic carbocycles. The van der Waals surface area contributed by atoms with E-state index in [1.807, 2.05) is 6.92 Å². The highest BCUT2D eigenvalue weighted by Gasteiger charge is 2.57. The summed E-state index contributed by atoms with van der Waals surface area (Å²) in [7, 11) is 0. The lowest BCUT2D eigenvalue weighted by Crippen LogP contribution is -2.56. The molecule has 5 heteroatoms. The summed E-state index contributed by atoms with van der Waals surface area (Å²) in [6.45, 7) is 3.97. The SMILES string of the molecule is CCNC(=O)[C@@H](C)OC(=O)CC12C[C@@H]3C[C@H](CC(O)(C3)C1)C2. The summed E-state index contributed by atoms with van der Waals surface area (Å²) >= 11 is 0. The minimum atomic E-state index is -0.746. The van der Waals surface area contributed by atoms with Gasteiger partial charge in [0.15, 0.2) is 6.10 Å². The van der Waals surface area contributed by atoms with Crippen LogP contribution in [0.3, 0.4) is 0 Å². The molecule has 4 aliphatic carbocycles. The number of carbonyl (C=O) groups excluding carboxylic acids is 2. The number of ether oxygens (including phenoxy) is 1. The Morgan fingerprint density at radius 2 is 1.91 bits per heavy atom. The predicted molar refractivity (Wildman–Crippen MR) is 80.9 cm³/mol. The fraction of sp³-hybridized carbons (Fsp3) is 0.882. The largest absolute Gasteiger partial charge is 0.453 e. The van der Waals surface area contributed by atoms with Gasteiger partial charge in [0.25, 0.3) is 5.91 Å². The van der Waals surface area contributed by atoms with E-state index < -0.39 is 11.7 Å². The number of rotatable bonds is 5. The van der Waals surface area contributed by atoms with Crippen molar-refractivity contribution in [2.45, 2.75) is 70.5 Å². The summed E-state index contributed by atoms with van der Waals surface area (Å²) in [5.41, 5.74) is -0.660. The van der Waals surface area contributed by atoms with Crippen LogP contribution in [0, 0.1) is 17.3 Å². The van der Waals surface area contributed by atoms with Gasteiger partial charge in [-0.25, -0.2) is 0 Å². The van der Waals surface area contributed by atoms with Crippen molar-refractivity contribution in [3.8, 4) is 0 Å². The maximum Gasteiger partial charge on any atom is 0.307 e. The third-order valence-electron chi connectivity index (χ3n) is 5.70. The van der Waals surface area contributed by atoms with Crippen molar-refractivity contribution in [1.29, 1.82) is 0 Å². The lowest BCUT2D eigenvalue weighted by molar-refractivity contribution is -0.180. The van der Waals surface area contributed by atoms with Crippen molar-refractivity contribution in [2.24, 2.45) is 17.3 Å². The van der Waals surface area contributed by atoms with Crippen LogP contribution in [0.25, 0.3) is 0 Å². The van der Waals surface area contributed by atoms with Crippen LogP contribution >= 0.6 is 0 Å². The summed E-state index contributed by atoms with van der Waals surface area (Å²) in [6.07, 6.45) is 5.36. The van der Waals surface area contributed by atoms with Crippen LogP contribution in [-0.2, 0) is 14.3 Å². The van der Waals surface area contributed by atoms with Gasteiger partial charge in [-0.2, -0.15) is 0 Å². The molecule has 0 heterocycles. The van der Waals surface area contributed by atoms with Crippen LogP contribution in [0.4, 0.5) is 0 Å². The van der Waals surface area contributed by atoms with Crippen molar-refractivity contribution < 1.29 is 19.4 Å². The molecule has 2 N–H and O–H groups in total. The zero-order valence-electron chi connectivity index (χ0n) is 13.6. The van der Waals surface area contributed by atoms with E-state index in [2.05, 4.69) is 5.32 Å². The van der Waals surface area contributed by atoms with Gasteiger partial charge in [0.05, 0.1) is 12.0 Å². The first kappa shape index (κ1) is 15.8. The monoisotopic (exact) mass is 309 g/mol. The van der Waals surface area contributed by atoms with E-state index in [0.29, 0.717) is 24.8 Å². The first-order valence-electron chi connectivity index (χ1n) is 8.53. The van der Waals surface area contributed by atoms with E-state index in [9.17, 15) is 14.7 Å². The van der Waals surface area contributed by atoms with Gasteiger partial charge in [0.1, 0.15) is 0 Å². The molecule has 0 spiro atoms. The van der Waals surface area contributed by atoms with Crippen LogP contribution in [0.5, 0.6) is 0 Å². The second-order valence-electron chi connectivity index (χ2n) is 7.89. The van der Waals surface area contributed by atoms with E-state index in [0.717, 1.165) is 32.1 Å². The summed E-state index contributed by atoms with van der Waals surface area (Å²) in [5, 5.41) is 13.4. The number of hydrogen-bond acceptors (Lipinski definition) is 4. The summed E-state index contributed by atoms with van der Waals surface area (Å²) in [6, 6.07) is 0. The van der Waals surface area contributed by atoms with E-state index in [-0.39, 0.29) is 17.3 Å². The predicted octanol–water partition coefficient (Wildman–Crippen LogP) is 1.78. The second-order valence-corrected chi connectivity index (χ2v) is 7.89. The first-order valence-corrected chi connectivity index (χ1v) is 8.53. The van der Waals surface area contributed by atoms with Gasteiger partial charge < -0.3 is 15.2 Å². The summed E-state index contributed by atoms with van der Waals surface area (Å²) in [5.74, 6) is 0.559. The fourth-order valence-electron chi connectivity index (χ4n) is 5.53. The summed E-state index contributed by atoms with van der Waals surface area (Å²) < 4.78 is 5.30. The number of carbonyl (C=O) groups is 2. The first-order chi connectivity index (χ1) is 10.3. The number of hydrogen-bond donors (Lipinski definition) is 2. The van der Waals surface area contributed by atoms with Crippen molar-refractivity contribution in [3.05, 3.63) is 0 Å². The highest BCUT2D eigenvalue weighted by Crippen LogP contribution is 2.62. The van der Waals surface area contributed by atoms with Gasteiger partial charge in [-0.05, 0) is 69.6 Å². The number of nitrogens with one attached hydrogen (secondary N) is 1. The highest BCUT2D eigenvalue weighted by atomic mass is 16.5. The lowest BCUT2D eigenvalue weighted by atomic mass is 9.47. The van der Waals surface area contributed by atoms with Gasteiger partial charge in [-0.1, -0.05) is 0 Å². The van der Waals surface area contributed by atoms with Crippen molar-refractivity contribution in [1.82, 2.24) is 5.32 Å². The van der Waals surface area contributed by atoms with Crippen molar-refractivity contribution >= 4 is 11.9 Å². The Balaban J connectivity index is 1.61. The smallest absolute Gasteiger partial charge is 0.307 e. The van der Waals surface area contributed by atoms with Crippen molar-refractivity contribution in [3.63, 3.8) is 0 Å². The molecule has 4 bridgehead atoms. The van der Waals surface area contributed by atoms with Crippen LogP contribution in [0.15, 0.2) is 0 Å². The van der Waals surface area contributed by atoms with Gasteiger partial charge in [0, 0.05) is 6.54 Å². The molecule has 4 rings (SSSR count). The fourth-order valence-corrected chi connectivity index (χ4v) is 5.53. The van der Waals surface area contributed by atoms with Crippen LogP contribution < -0.4 is 5.32 Å². The molecule has 4 fully saturated rings. The Kier molecular flexibility index (Phi) is 3.96. The number of aliphatic hydroxyl groups is 1. The van der Waals surface area contributed by atoms with E-state index in [1.165, 1.54) is 6.42 Å². The maximum atomic E-state index is 12.3. The summed E-state index contributed by atoms with van der Waals surface area (Å²) in [4.78, 5) is 23.9. The number of likely N-dealkylation sites (N-methyl/N-ethyl adjacent to an activating group) is 1. The molecule has 5 nitrogen and oxygen atoms in total. The lowest BCUT2D eigenvalue weighted by Gasteiger charge is -2.60. The van der Waals surface area contributed by atoms with Crippen LogP contribution in [-0.4, -0.2) is 35.2 Å².